The van der Waals surface area contributed by atoms with E-state index in [0.717, 1.165) is 13.0 Å². The maximum Gasteiger partial charge on any atom is 0.0940 e. The first-order chi connectivity index (χ1) is 6.79. The van der Waals surface area contributed by atoms with Crippen molar-refractivity contribution in [3.8, 4) is 0 Å². The average molecular weight is 211 g/mol. The molecule has 0 radical (unpaired) electrons. The van der Waals surface area contributed by atoms with Crippen LogP contribution in [-0.4, -0.2) is 36.6 Å². The van der Waals surface area contributed by atoms with Gasteiger partial charge in [-0.25, -0.2) is 4.98 Å². The van der Waals surface area contributed by atoms with Crippen LogP contribution >= 0.6 is 11.3 Å². The monoisotopic (exact) mass is 211 g/mol. The Morgan fingerprint density at radius 1 is 1.71 bits per heavy atom. The molecule has 0 amide bonds. The van der Waals surface area contributed by atoms with E-state index in [-0.39, 0.29) is 0 Å². The summed E-state index contributed by atoms with van der Waals surface area (Å²) >= 11 is 1.75. The van der Waals surface area contributed by atoms with Crippen LogP contribution in [-0.2, 0) is 6.42 Å². The first-order valence-electron chi connectivity index (χ1n) is 5.12. The molecule has 0 saturated carbocycles. The molecule has 1 aromatic rings. The van der Waals surface area contributed by atoms with Crippen molar-refractivity contribution in [3.05, 3.63) is 16.1 Å². The third kappa shape index (κ3) is 2.13. The maximum absolute atomic E-state index is 5.50. The van der Waals surface area contributed by atoms with Gasteiger partial charge in [0.2, 0.25) is 0 Å². The minimum Gasteiger partial charge on any atom is -0.330 e. The van der Waals surface area contributed by atoms with E-state index in [9.17, 15) is 0 Å². The van der Waals surface area contributed by atoms with E-state index < -0.39 is 0 Å². The zero-order valence-corrected chi connectivity index (χ0v) is 9.39. The van der Waals surface area contributed by atoms with Gasteiger partial charge in [0.15, 0.2) is 0 Å². The van der Waals surface area contributed by atoms with Crippen LogP contribution in [0.15, 0.2) is 5.38 Å². The first-order valence-corrected chi connectivity index (χ1v) is 6.00. The lowest BCUT2D eigenvalue weighted by Crippen LogP contribution is -2.13. The van der Waals surface area contributed by atoms with E-state index in [1.807, 2.05) is 0 Å². The summed E-state index contributed by atoms with van der Waals surface area (Å²) in [5, 5.41) is 3.39. The molecule has 2 heterocycles. The van der Waals surface area contributed by atoms with Crippen molar-refractivity contribution in [2.75, 3.05) is 26.7 Å². The zero-order chi connectivity index (χ0) is 9.97. The van der Waals surface area contributed by atoms with Gasteiger partial charge >= 0.3 is 0 Å². The molecule has 2 rings (SSSR count). The van der Waals surface area contributed by atoms with Crippen LogP contribution in [0.5, 0.6) is 0 Å². The SMILES string of the molecule is CN1CCC(c2csc(CCN)n2)C1. The van der Waals surface area contributed by atoms with Gasteiger partial charge in [0, 0.05) is 24.3 Å². The van der Waals surface area contributed by atoms with E-state index in [1.165, 1.54) is 23.7 Å². The van der Waals surface area contributed by atoms with E-state index >= 15 is 0 Å². The lowest BCUT2D eigenvalue weighted by atomic mass is 10.1. The lowest BCUT2D eigenvalue weighted by Gasteiger charge is -2.06. The van der Waals surface area contributed by atoms with Gasteiger partial charge in [-0.15, -0.1) is 11.3 Å². The summed E-state index contributed by atoms with van der Waals surface area (Å²) in [6.45, 7) is 3.07. The van der Waals surface area contributed by atoms with Crippen molar-refractivity contribution in [1.29, 1.82) is 0 Å². The highest BCUT2D eigenvalue weighted by Crippen LogP contribution is 2.27. The first kappa shape index (κ1) is 10.1. The summed E-state index contributed by atoms with van der Waals surface area (Å²) in [4.78, 5) is 7.00. The topological polar surface area (TPSA) is 42.1 Å². The minimum atomic E-state index is 0.655. The number of hydrogen-bond acceptors (Lipinski definition) is 4. The molecule has 1 aliphatic heterocycles. The number of nitrogens with zero attached hydrogens (tertiary/aromatic N) is 2. The Morgan fingerprint density at radius 2 is 2.57 bits per heavy atom. The molecular weight excluding hydrogens is 194 g/mol. The fourth-order valence-corrected chi connectivity index (χ4v) is 2.82. The molecule has 1 fully saturated rings. The second-order valence-electron chi connectivity index (χ2n) is 3.95. The van der Waals surface area contributed by atoms with Crippen LogP contribution in [0.2, 0.25) is 0 Å². The Hall–Kier alpha value is -0.450. The lowest BCUT2D eigenvalue weighted by molar-refractivity contribution is 0.411. The van der Waals surface area contributed by atoms with E-state index in [1.54, 1.807) is 11.3 Å². The molecule has 1 atom stereocenters. The minimum absolute atomic E-state index is 0.655. The fraction of sp³-hybridized carbons (Fsp3) is 0.700. The molecule has 0 aromatic carbocycles. The summed E-state index contributed by atoms with van der Waals surface area (Å²) in [6.07, 6.45) is 2.18. The third-order valence-corrected chi connectivity index (χ3v) is 3.66. The number of hydrogen-bond donors (Lipinski definition) is 1. The molecule has 0 bridgehead atoms. The molecule has 1 aromatic heterocycles. The van der Waals surface area contributed by atoms with Crippen LogP contribution in [0.3, 0.4) is 0 Å². The maximum atomic E-state index is 5.50. The normalized spacial score (nSPS) is 23.1. The number of likely N-dealkylation sites (N-methyl/N-ethyl adjacent to an activating group) is 1. The van der Waals surface area contributed by atoms with Gasteiger partial charge in [0.1, 0.15) is 0 Å². The van der Waals surface area contributed by atoms with E-state index in [2.05, 4.69) is 22.3 Å². The summed E-state index contributed by atoms with van der Waals surface area (Å²) in [7, 11) is 2.17. The van der Waals surface area contributed by atoms with Crippen LogP contribution in [0.1, 0.15) is 23.0 Å². The fourth-order valence-electron chi connectivity index (χ4n) is 1.93. The highest BCUT2D eigenvalue weighted by molar-refractivity contribution is 7.09. The van der Waals surface area contributed by atoms with Crippen LogP contribution < -0.4 is 5.73 Å². The van der Waals surface area contributed by atoms with Crippen molar-refractivity contribution >= 4 is 11.3 Å². The predicted molar refractivity (Wildman–Crippen MR) is 59.7 cm³/mol. The molecule has 1 saturated heterocycles. The second-order valence-corrected chi connectivity index (χ2v) is 4.90. The number of rotatable bonds is 3. The summed E-state index contributed by atoms with van der Waals surface area (Å²) < 4.78 is 0. The Morgan fingerprint density at radius 3 is 3.21 bits per heavy atom. The predicted octanol–water partition coefficient (Wildman–Crippen LogP) is 1.06. The van der Waals surface area contributed by atoms with Crippen molar-refractivity contribution in [2.45, 2.75) is 18.8 Å². The van der Waals surface area contributed by atoms with Gasteiger partial charge in [0.25, 0.3) is 0 Å². The van der Waals surface area contributed by atoms with E-state index in [0.29, 0.717) is 12.5 Å². The summed E-state index contributed by atoms with van der Waals surface area (Å²) in [5.41, 5.74) is 6.78. The molecule has 1 unspecified atom stereocenters. The van der Waals surface area contributed by atoms with Gasteiger partial charge in [-0.05, 0) is 26.6 Å². The quantitative estimate of drug-likeness (QED) is 0.813. The number of nitrogens with two attached hydrogens (primary N) is 1. The van der Waals surface area contributed by atoms with Crippen molar-refractivity contribution < 1.29 is 0 Å². The van der Waals surface area contributed by atoms with Gasteiger partial charge in [-0.1, -0.05) is 0 Å². The highest BCUT2D eigenvalue weighted by Gasteiger charge is 2.22. The molecule has 4 heteroatoms. The molecule has 78 valence electrons. The molecule has 0 spiro atoms. The second kappa shape index (κ2) is 4.38. The molecule has 3 nitrogen and oxygen atoms in total. The van der Waals surface area contributed by atoms with Gasteiger partial charge < -0.3 is 10.6 Å². The van der Waals surface area contributed by atoms with Gasteiger partial charge in [-0.2, -0.15) is 0 Å². The van der Waals surface area contributed by atoms with E-state index in [4.69, 9.17) is 5.73 Å². The smallest absolute Gasteiger partial charge is 0.0940 e. The van der Waals surface area contributed by atoms with Gasteiger partial charge in [-0.3, -0.25) is 0 Å². The average Bonchev–Trinajstić information content (AvgIpc) is 2.74. The molecule has 0 aliphatic carbocycles. The van der Waals surface area contributed by atoms with Crippen LogP contribution in [0.25, 0.3) is 0 Å². The van der Waals surface area contributed by atoms with Crippen LogP contribution in [0, 0.1) is 0 Å². The zero-order valence-electron chi connectivity index (χ0n) is 8.57. The molecule has 1 aliphatic rings. The van der Waals surface area contributed by atoms with Crippen molar-refractivity contribution in [3.63, 3.8) is 0 Å². The standard InChI is InChI=1S/C10H17N3S/c1-13-5-3-8(6-13)9-7-14-10(12-9)2-4-11/h7-8H,2-6,11H2,1H3. The summed E-state index contributed by atoms with van der Waals surface area (Å²) in [6, 6.07) is 0. The highest BCUT2D eigenvalue weighted by atomic mass is 32.1. The molecule has 2 N–H and O–H groups in total. The van der Waals surface area contributed by atoms with Crippen molar-refractivity contribution in [1.82, 2.24) is 9.88 Å². The molecular formula is C10H17N3S. The molecule has 14 heavy (non-hydrogen) atoms. The van der Waals surface area contributed by atoms with Crippen molar-refractivity contribution in [2.24, 2.45) is 5.73 Å². The Balaban J connectivity index is 2.02. The van der Waals surface area contributed by atoms with Gasteiger partial charge in [0.05, 0.1) is 10.7 Å². The Kier molecular flexibility index (Phi) is 3.15. The van der Waals surface area contributed by atoms with Crippen LogP contribution in [0.4, 0.5) is 0 Å². The number of aromatic nitrogens is 1. The largest absolute Gasteiger partial charge is 0.330 e. The third-order valence-electron chi connectivity index (χ3n) is 2.74. The number of thiazole rings is 1. The Bertz CT molecular complexity index is 297. The Labute approximate surface area is 88.9 Å². The number of likely N-dealkylation sites (tertiary alicyclic amines) is 1. The summed E-state index contributed by atoms with van der Waals surface area (Å²) in [5.74, 6) is 0.655.